The molecule has 0 amide bonds. The summed E-state index contributed by atoms with van der Waals surface area (Å²) < 4.78 is 1.80. The van der Waals surface area contributed by atoms with Crippen LogP contribution in [-0.4, -0.2) is 19.6 Å². The summed E-state index contributed by atoms with van der Waals surface area (Å²) in [7, 11) is 0. The highest BCUT2D eigenvalue weighted by molar-refractivity contribution is 6.35. The van der Waals surface area contributed by atoms with Crippen LogP contribution >= 0.6 is 23.2 Å². The molecule has 0 saturated heterocycles. The fourth-order valence-corrected chi connectivity index (χ4v) is 3.85. The molecule has 3 heterocycles. The molecule has 0 unspecified atom stereocenters. The van der Waals surface area contributed by atoms with E-state index in [1.165, 1.54) is 0 Å². The van der Waals surface area contributed by atoms with E-state index in [0.29, 0.717) is 15.7 Å². The molecule has 0 aliphatic rings. The number of aromatic nitrogens is 4. The predicted molar refractivity (Wildman–Crippen MR) is 112 cm³/mol. The van der Waals surface area contributed by atoms with Crippen molar-refractivity contribution in [3.05, 3.63) is 57.3 Å². The zero-order chi connectivity index (χ0) is 19.1. The van der Waals surface area contributed by atoms with Gasteiger partial charge in [0.2, 0.25) is 0 Å². The number of pyridine rings is 1. The van der Waals surface area contributed by atoms with Gasteiger partial charge >= 0.3 is 0 Å². The van der Waals surface area contributed by atoms with Gasteiger partial charge in [-0.05, 0) is 50.1 Å². The van der Waals surface area contributed by atoms with E-state index in [-0.39, 0.29) is 0 Å². The van der Waals surface area contributed by atoms with Crippen LogP contribution in [0, 0.1) is 13.8 Å². The largest absolute Gasteiger partial charge is 0.340 e. The maximum absolute atomic E-state index is 6.15. The normalized spacial score (nSPS) is 11.4. The molecule has 7 heteroatoms. The highest BCUT2D eigenvalue weighted by Gasteiger charge is 2.15. The van der Waals surface area contributed by atoms with E-state index in [0.717, 1.165) is 52.3 Å². The van der Waals surface area contributed by atoms with Gasteiger partial charge in [0, 0.05) is 33.2 Å². The van der Waals surface area contributed by atoms with Gasteiger partial charge in [-0.15, -0.1) is 5.10 Å². The molecule has 0 atom stereocenters. The number of fused-ring (bicyclic) bond motifs is 3. The van der Waals surface area contributed by atoms with Crippen LogP contribution in [0.15, 0.2) is 30.3 Å². The lowest BCUT2D eigenvalue weighted by molar-refractivity contribution is 0.864. The van der Waals surface area contributed by atoms with Gasteiger partial charge in [0.25, 0.3) is 0 Å². The van der Waals surface area contributed by atoms with E-state index in [1.807, 2.05) is 25.1 Å². The van der Waals surface area contributed by atoms with Crippen LogP contribution in [0.1, 0.15) is 30.3 Å². The summed E-state index contributed by atoms with van der Waals surface area (Å²) in [5, 5.41) is 10.2. The molecular formula is C20H19Cl2N5. The lowest BCUT2D eigenvalue weighted by Gasteiger charge is -2.11. The number of anilines is 2. The molecule has 0 fully saturated rings. The second-order valence-corrected chi connectivity index (χ2v) is 7.55. The number of nitrogens with one attached hydrogen (secondary N) is 1. The monoisotopic (exact) mass is 399 g/mol. The molecule has 1 N–H and O–H groups in total. The number of aryl methyl sites for hydroxylation is 3. The third kappa shape index (κ3) is 3.45. The van der Waals surface area contributed by atoms with E-state index >= 15 is 0 Å². The van der Waals surface area contributed by atoms with Crippen molar-refractivity contribution in [1.82, 2.24) is 19.6 Å². The van der Waals surface area contributed by atoms with Gasteiger partial charge in [-0.25, -0.2) is 9.97 Å². The van der Waals surface area contributed by atoms with Gasteiger partial charge in [-0.1, -0.05) is 36.5 Å². The zero-order valence-electron chi connectivity index (χ0n) is 15.3. The van der Waals surface area contributed by atoms with Gasteiger partial charge in [0.05, 0.1) is 5.39 Å². The molecule has 5 nitrogen and oxygen atoms in total. The quantitative estimate of drug-likeness (QED) is 0.464. The molecule has 0 aliphatic heterocycles. The Morgan fingerprint density at radius 2 is 1.74 bits per heavy atom. The molecule has 27 heavy (non-hydrogen) atoms. The molecule has 0 aliphatic carbocycles. The van der Waals surface area contributed by atoms with Crippen molar-refractivity contribution >= 4 is 51.4 Å². The van der Waals surface area contributed by atoms with Gasteiger partial charge in [-0.3, -0.25) is 0 Å². The molecular weight excluding hydrogens is 381 g/mol. The topological polar surface area (TPSA) is 55.1 Å². The number of hydrogen-bond donors (Lipinski definition) is 1. The fraction of sp³-hybridized carbons (Fsp3) is 0.250. The summed E-state index contributed by atoms with van der Waals surface area (Å²) in [5.41, 5.74) is 5.35. The minimum absolute atomic E-state index is 0.572. The Balaban J connectivity index is 1.96. The van der Waals surface area contributed by atoms with Crippen molar-refractivity contribution in [2.45, 2.75) is 33.6 Å². The molecule has 0 radical (unpaired) electrons. The van der Waals surface area contributed by atoms with Gasteiger partial charge in [0.15, 0.2) is 11.3 Å². The number of rotatable bonds is 4. The molecule has 4 rings (SSSR count). The van der Waals surface area contributed by atoms with Crippen LogP contribution in [0.25, 0.3) is 16.7 Å². The summed E-state index contributed by atoms with van der Waals surface area (Å²) in [5.74, 6) is 0.803. The number of benzene rings is 1. The van der Waals surface area contributed by atoms with Gasteiger partial charge < -0.3 is 5.32 Å². The highest BCUT2D eigenvalue weighted by atomic mass is 35.5. The Labute approximate surface area is 167 Å². The standard InChI is InChI=1S/C20H19Cl2N5/c1-4-5-15-10-17(24-16-8-13(21)7-14(22)9-16)27-20(25-15)18-11(2)6-12(3)23-19(18)26-27/h6-10,24H,4-5H2,1-3H3. The second-order valence-electron chi connectivity index (χ2n) is 6.68. The van der Waals surface area contributed by atoms with Crippen LogP contribution in [0.4, 0.5) is 11.5 Å². The number of hydrogen-bond acceptors (Lipinski definition) is 4. The summed E-state index contributed by atoms with van der Waals surface area (Å²) in [6, 6.07) is 9.44. The molecule has 1 aromatic carbocycles. The lowest BCUT2D eigenvalue weighted by atomic mass is 10.2. The molecule has 4 aromatic rings. The van der Waals surface area contributed by atoms with Gasteiger partial charge in [0.1, 0.15) is 5.82 Å². The number of nitrogens with zero attached hydrogens (tertiary/aromatic N) is 4. The maximum Gasteiger partial charge on any atom is 0.184 e. The molecule has 3 aromatic heterocycles. The van der Waals surface area contributed by atoms with Crippen LogP contribution in [-0.2, 0) is 6.42 Å². The Morgan fingerprint density at radius 3 is 2.44 bits per heavy atom. The average molecular weight is 400 g/mol. The average Bonchev–Trinajstić information content (AvgIpc) is 2.93. The summed E-state index contributed by atoms with van der Waals surface area (Å²) in [6.45, 7) is 6.18. The Bertz CT molecular complexity index is 1150. The second kappa shape index (κ2) is 6.98. The Morgan fingerprint density at radius 1 is 1.00 bits per heavy atom. The molecule has 0 spiro atoms. The summed E-state index contributed by atoms with van der Waals surface area (Å²) >= 11 is 12.3. The predicted octanol–water partition coefficient (Wildman–Crippen LogP) is 5.90. The first-order chi connectivity index (χ1) is 12.9. The van der Waals surface area contributed by atoms with E-state index in [9.17, 15) is 0 Å². The lowest BCUT2D eigenvalue weighted by Crippen LogP contribution is -2.04. The third-order valence-electron chi connectivity index (χ3n) is 4.37. The first-order valence-corrected chi connectivity index (χ1v) is 9.60. The van der Waals surface area contributed by atoms with E-state index < -0.39 is 0 Å². The van der Waals surface area contributed by atoms with E-state index in [1.54, 1.807) is 10.6 Å². The van der Waals surface area contributed by atoms with Gasteiger partial charge in [-0.2, -0.15) is 4.52 Å². The van der Waals surface area contributed by atoms with Crippen molar-refractivity contribution in [3.63, 3.8) is 0 Å². The van der Waals surface area contributed by atoms with Crippen molar-refractivity contribution in [3.8, 4) is 0 Å². The van der Waals surface area contributed by atoms with Crippen LogP contribution in [0.2, 0.25) is 10.0 Å². The van der Waals surface area contributed by atoms with Crippen molar-refractivity contribution in [2.75, 3.05) is 5.32 Å². The van der Waals surface area contributed by atoms with Crippen LogP contribution in [0.3, 0.4) is 0 Å². The first kappa shape index (κ1) is 18.0. The summed E-state index contributed by atoms with van der Waals surface area (Å²) in [6.07, 6.45) is 1.89. The SMILES string of the molecule is CCCc1cc(Nc2cc(Cl)cc(Cl)c2)n2nc3nc(C)cc(C)c3c2n1. The number of halogens is 2. The van der Waals surface area contributed by atoms with Crippen molar-refractivity contribution in [1.29, 1.82) is 0 Å². The van der Waals surface area contributed by atoms with E-state index in [2.05, 4.69) is 30.2 Å². The van der Waals surface area contributed by atoms with Crippen LogP contribution in [0.5, 0.6) is 0 Å². The molecule has 0 bridgehead atoms. The Hall–Kier alpha value is -2.37. The van der Waals surface area contributed by atoms with Crippen molar-refractivity contribution in [2.24, 2.45) is 0 Å². The van der Waals surface area contributed by atoms with E-state index in [4.69, 9.17) is 33.3 Å². The minimum atomic E-state index is 0.572. The highest BCUT2D eigenvalue weighted by Crippen LogP contribution is 2.29. The van der Waals surface area contributed by atoms with Crippen LogP contribution < -0.4 is 5.32 Å². The Kier molecular flexibility index (Phi) is 4.66. The minimum Gasteiger partial charge on any atom is -0.340 e. The third-order valence-corrected chi connectivity index (χ3v) is 4.80. The molecule has 138 valence electrons. The smallest absolute Gasteiger partial charge is 0.184 e. The zero-order valence-corrected chi connectivity index (χ0v) is 16.9. The fourth-order valence-electron chi connectivity index (χ4n) is 3.32. The maximum atomic E-state index is 6.15. The van der Waals surface area contributed by atoms with Crippen molar-refractivity contribution < 1.29 is 0 Å². The summed E-state index contributed by atoms with van der Waals surface area (Å²) in [4.78, 5) is 9.43. The first-order valence-electron chi connectivity index (χ1n) is 8.84. The molecule has 0 saturated carbocycles.